The third-order valence-electron chi connectivity index (χ3n) is 5.96. The van der Waals surface area contributed by atoms with E-state index >= 15 is 0 Å². The molecule has 8 heteroatoms. The molecular weight excluding hydrogens is 456 g/mol. The first-order valence-electron chi connectivity index (χ1n) is 11.8. The van der Waals surface area contributed by atoms with E-state index in [1.54, 1.807) is 13.0 Å². The van der Waals surface area contributed by atoms with E-state index < -0.39 is 0 Å². The van der Waals surface area contributed by atoms with E-state index in [1.807, 2.05) is 75.6 Å². The molecule has 5 rings (SSSR count). The molecule has 184 valence electrons. The van der Waals surface area contributed by atoms with E-state index in [0.29, 0.717) is 41.1 Å². The van der Waals surface area contributed by atoms with Crippen LogP contribution < -0.4 is 14.8 Å². The Labute approximate surface area is 209 Å². The number of carbonyl (C=O) groups excluding carboxylic acids is 1. The van der Waals surface area contributed by atoms with Crippen molar-refractivity contribution in [2.24, 2.45) is 0 Å². The molecule has 1 aliphatic rings. The van der Waals surface area contributed by atoms with Gasteiger partial charge >= 0.3 is 0 Å². The number of nitrogens with zero attached hydrogens (tertiary/aromatic N) is 3. The molecular formula is C28H28N4O4. The van der Waals surface area contributed by atoms with Crippen LogP contribution in [0.2, 0.25) is 0 Å². The Bertz CT molecular complexity index is 1400. The number of likely N-dealkylation sites (N-methyl/N-ethyl adjacent to an activating group) is 1. The van der Waals surface area contributed by atoms with Crippen LogP contribution >= 0.6 is 0 Å². The second-order valence-electron chi connectivity index (χ2n) is 9.17. The van der Waals surface area contributed by atoms with Gasteiger partial charge in [-0.3, -0.25) is 4.79 Å². The summed E-state index contributed by atoms with van der Waals surface area (Å²) in [5.41, 5.74) is 5.29. The summed E-state index contributed by atoms with van der Waals surface area (Å²) in [5.74, 6) is 2.23. The molecule has 4 aromatic rings. The van der Waals surface area contributed by atoms with Gasteiger partial charge in [-0.1, -0.05) is 29.4 Å². The second kappa shape index (κ2) is 9.83. The minimum absolute atomic E-state index is 0.0190. The first-order valence-corrected chi connectivity index (χ1v) is 11.8. The highest BCUT2D eigenvalue weighted by atomic mass is 16.6. The van der Waals surface area contributed by atoms with E-state index in [-0.39, 0.29) is 12.0 Å². The van der Waals surface area contributed by atoms with Crippen molar-refractivity contribution in [1.82, 2.24) is 15.0 Å². The van der Waals surface area contributed by atoms with E-state index in [1.165, 1.54) is 0 Å². The predicted octanol–water partition coefficient (Wildman–Crippen LogP) is 4.97. The first kappa shape index (κ1) is 23.6. The van der Waals surface area contributed by atoms with Crippen molar-refractivity contribution in [2.75, 3.05) is 32.6 Å². The van der Waals surface area contributed by atoms with Gasteiger partial charge in [0.25, 0.3) is 5.91 Å². The largest absolute Gasteiger partial charge is 0.486 e. The van der Waals surface area contributed by atoms with Crippen LogP contribution in [-0.4, -0.2) is 54.3 Å². The van der Waals surface area contributed by atoms with E-state index in [4.69, 9.17) is 14.0 Å². The van der Waals surface area contributed by atoms with Gasteiger partial charge in [-0.05, 0) is 68.0 Å². The standard InChI is InChI=1S/C28H28N4O4/c1-17-13-21(27-29-18(2)36-31-27)9-11-24(17)19-5-7-20(8-6-19)28(33)30-22-10-12-25-26(14-22)34-16-23(35-25)15-32(3)4/h5-14,23H,15-16H2,1-4H3,(H,30,33). The van der Waals surface area contributed by atoms with Gasteiger partial charge in [0.2, 0.25) is 11.7 Å². The lowest BCUT2D eigenvalue weighted by atomic mass is 9.97. The highest BCUT2D eigenvalue weighted by Crippen LogP contribution is 2.34. The zero-order chi connectivity index (χ0) is 25.2. The number of hydrogen-bond acceptors (Lipinski definition) is 7. The summed E-state index contributed by atoms with van der Waals surface area (Å²) in [4.78, 5) is 19.2. The topological polar surface area (TPSA) is 89.7 Å². The second-order valence-corrected chi connectivity index (χ2v) is 9.17. The maximum Gasteiger partial charge on any atom is 0.255 e. The number of nitrogens with one attached hydrogen (secondary N) is 1. The van der Waals surface area contributed by atoms with Crippen LogP contribution in [0, 0.1) is 13.8 Å². The fourth-order valence-electron chi connectivity index (χ4n) is 4.24. The number of anilines is 1. The molecule has 8 nitrogen and oxygen atoms in total. The van der Waals surface area contributed by atoms with E-state index in [2.05, 4.69) is 20.4 Å². The average molecular weight is 485 g/mol. The number of fused-ring (bicyclic) bond motifs is 1. The number of carbonyl (C=O) groups is 1. The molecule has 0 aliphatic carbocycles. The van der Waals surface area contributed by atoms with Gasteiger partial charge in [-0.2, -0.15) is 4.98 Å². The normalized spacial score (nSPS) is 14.6. The number of rotatable bonds is 6. The third kappa shape index (κ3) is 5.08. The zero-order valence-electron chi connectivity index (χ0n) is 20.7. The van der Waals surface area contributed by atoms with Crippen LogP contribution in [0.1, 0.15) is 21.8 Å². The summed E-state index contributed by atoms with van der Waals surface area (Å²) in [6.07, 6.45) is -0.0190. The number of aromatic nitrogens is 2. The minimum Gasteiger partial charge on any atom is -0.486 e. The van der Waals surface area contributed by atoms with Crippen molar-refractivity contribution in [3.63, 3.8) is 0 Å². The molecule has 1 aromatic heterocycles. The van der Waals surface area contributed by atoms with Crippen LogP contribution in [0.4, 0.5) is 5.69 Å². The molecule has 36 heavy (non-hydrogen) atoms. The molecule has 0 bridgehead atoms. The number of benzene rings is 3. The van der Waals surface area contributed by atoms with Crippen molar-refractivity contribution >= 4 is 11.6 Å². The molecule has 1 N–H and O–H groups in total. The van der Waals surface area contributed by atoms with Crippen molar-refractivity contribution < 1.29 is 18.8 Å². The third-order valence-corrected chi connectivity index (χ3v) is 5.96. The van der Waals surface area contributed by atoms with Crippen LogP contribution in [0.15, 0.2) is 65.2 Å². The van der Waals surface area contributed by atoms with Crippen molar-refractivity contribution in [1.29, 1.82) is 0 Å². The fourth-order valence-corrected chi connectivity index (χ4v) is 4.24. The molecule has 1 unspecified atom stereocenters. The molecule has 0 fully saturated rings. The summed E-state index contributed by atoms with van der Waals surface area (Å²) in [7, 11) is 4.00. The van der Waals surface area contributed by atoms with Gasteiger partial charge in [-0.15, -0.1) is 0 Å². The molecule has 0 saturated carbocycles. The van der Waals surface area contributed by atoms with Crippen molar-refractivity contribution in [3.8, 4) is 34.0 Å². The maximum absolute atomic E-state index is 12.9. The summed E-state index contributed by atoms with van der Waals surface area (Å²) < 4.78 is 16.9. The van der Waals surface area contributed by atoms with E-state index in [9.17, 15) is 4.79 Å². The first-order chi connectivity index (χ1) is 17.4. The molecule has 1 amide bonds. The lowest BCUT2D eigenvalue weighted by Gasteiger charge is -2.28. The summed E-state index contributed by atoms with van der Waals surface area (Å²) >= 11 is 0. The van der Waals surface area contributed by atoms with Crippen LogP contribution in [-0.2, 0) is 0 Å². The summed E-state index contributed by atoms with van der Waals surface area (Å²) in [6.45, 7) is 5.05. The Morgan fingerprint density at radius 2 is 1.78 bits per heavy atom. The SMILES string of the molecule is Cc1nc(-c2ccc(-c3ccc(C(=O)Nc4ccc5c(c4)OCC(CN(C)C)O5)cc3)c(C)c2)no1. The van der Waals surface area contributed by atoms with Gasteiger partial charge in [-0.25, -0.2) is 0 Å². The quantitative estimate of drug-likeness (QED) is 0.413. The van der Waals surface area contributed by atoms with Crippen molar-refractivity contribution in [2.45, 2.75) is 20.0 Å². The predicted molar refractivity (Wildman–Crippen MR) is 138 cm³/mol. The summed E-state index contributed by atoms with van der Waals surface area (Å²) in [6, 6.07) is 19.0. The number of ether oxygens (including phenoxy) is 2. The molecule has 3 aromatic carbocycles. The molecule has 2 heterocycles. The number of amides is 1. The molecule has 1 atom stereocenters. The van der Waals surface area contributed by atoms with Gasteiger partial charge in [0.05, 0.1) is 0 Å². The lowest BCUT2D eigenvalue weighted by molar-refractivity contribution is 0.0711. The Balaban J connectivity index is 1.26. The molecule has 1 aliphatic heterocycles. The van der Waals surface area contributed by atoms with Crippen LogP contribution in [0.3, 0.4) is 0 Å². The summed E-state index contributed by atoms with van der Waals surface area (Å²) in [5, 5.41) is 6.93. The fraction of sp³-hybridized carbons (Fsp3) is 0.250. The number of hydrogen-bond donors (Lipinski definition) is 1. The van der Waals surface area contributed by atoms with Crippen LogP contribution in [0.25, 0.3) is 22.5 Å². The minimum atomic E-state index is -0.191. The number of aryl methyl sites for hydroxylation is 2. The highest BCUT2D eigenvalue weighted by Gasteiger charge is 2.22. The van der Waals surface area contributed by atoms with Crippen LogP contribution in [0.5, 0.6) is 11.5 Å². The van der Waals surface area contributed by atoms with Gasteiger partial charge in [0.1, 0.15) is 12.7 Å². The lowest BCUT2D eigenvalue weighted by Crippen LogP contribution is -2.38. The Morgan fingerprint density at radius 1 is 1.00 bits per heavy atom. The van der Waals surface area contributed by atoms with Gasteiger partial charge in [0.15, 0.2) is 11.5 Å². The van der Waals surface area contributed by atoms with Gasteiger partial charge < -0.3 is 24.2 Å². The zero-order valence-corrected chi connectivity index (χ0v) is 20.7. The van der Waals surface area contributed by atoms with E-state index in [0.717, 1.165) is 28.8 Å². The molecule has 0 spiro atoms. The maximum atomic E-state index is 12.9. The molecule has 0 saturated heterocycles. The Morgan fingerprint density at radius 3 is 2.47 bits per heavy atom. The highest BCUT2D eigenvalue weighted by molar-refractivity contribution is 6.04. The van der Waals surface area contributed by atoms with Crippen molar-refractivity contribution in [3.05, 3.63) is 77.7 Å². The Kier molecular flexibility index (Phi) is 6.43. The van der Waals surface area contributed by atoms with Gasteiger partial charge in [0, 0.05) is 36.3 Å². The molecule has 0 radical (unpaired) electrons. The smallest absolute Gasteiger partial charge is 0.255 e. The average Bonchev–Trinajstić information content (AvgIpc) is 3.30. The monoisotopic (exact) mass is 484 g/mol. The Hall–Kier alpha value is -4.17.